The fourth-order valence-corrected chi connectivity index (χ4v) is 0.915. The second kappa shape index (κ2) is 2.67. The van der Waals surface area contributed by atoms with Gasteiger partial charge in [0.15, 0.2) is 0 Å². The molecule has 0 aliphatic heterocycles. The minimum absolute atomic E-state index is 0.806. The number of aromatic nitrogens is 1. The van der Waals surface area contributed by atoms with Crippen LogP contribution in [0.3, 0.4) is 0 Å². The van der Waals surface area contributed by atoms with E-state index in [1.165, 1.54) is 11.3 Å². The molecule has 0 aliphatic carbocycles. The van der Waals surface area contributed by atoms with Gasteiger partial charge in [-0.25, -0.2) is 0 Å². The van der Waals surface area contributed by atoms with E-state index in [4.69, 9.17) is 0 Å². The summed E-state index contributed by atoms with van der Waals surface area (Å²) in [6.45, 7) is 0. The lowest BCUT2D eigenvalue weighted by Crippen LogP contribution is -1.46. The largest absolute Gasteiger partial charge is 0.251 e. The average Bonchev–Trinajstić information content (AvgIpc) is 2.19. The maximum Gasteiger partial charge on any atom is 0.146 e. The SMILES string of the molecule is S=C=Nc1cncs1. The highest BCUT2D eigenvalue weighted by Gasteiger charge is 1.83. The van der Waals surface area contributed by atoms with Gasteiger partial charge >= 0.3 is 0 Å². The topological polar surface area (TPSA) is 25.2 Å². The van der Waals surface area contributed by atoms with E-state index in [-0.39, 0.29) is 0 Å². The first-order valence-electron chi connectivity index (χ1n) is 1.90. The molecule has 0 aliphatic rings. The van der Waals surface area contributed by atoms with Crippen LogP contribution >= 0.6 is 23.6 Å². The summed E-state index contributed by atoms with van der Waals surface area (Å²) in [7, 11) is 0. The Balaban J connectivity index is 2.93. The number of isothiocyanates is 1. The van der Waals surface area contributed by atoms with Gasteiger partial charge in [0.05, 0.1) is 16.9 Å². The van der Waals surface area contributed by atoms with Crippen LogP contribution in [0.1, 0.15) is 0 Å². The molecule has 4 heteroatoms. The third-order valence-corrected chi connectivity index (χ3v) is 1.33. The number of hydrogen-bond donors (Lipinski definition) is 0. The van der Waals surface area contributed by atoms with E-state index in [0.717, 1.165) is 5.00 Å². The van der Waals surface area contributed by atoms with Crippen molar-refractivity contribution in [1.82, 2.24) is 4.98 Å². The zero-order valence-corrected chi connectivity index (χ0v) is 5.50. The van der Waals surface area contributed by atoms with Gasteiger partial charge in [-0.05, 0) is 12.2 Å². The van der Waals surface area contributed by atoms with Crippen molar-refractivity contribution in [2.24, 2.45) is 4.99 Å². The highest BCUT2D eigenvalue weighted by atomic mass is 32.1. The lowest BCUT2D eigenvalue weighted by atomic mass is 10.9. The summed E-state index contributed by atoms with van der Waals surface area (Å²) in [5, 5.41) is 3.05. The zero-order chi connectivity index (χ0) is 5.82. The molecule has 8 heavy (non-hydrogen) atoms. The minimum atomic E-state index is 0.806. The van der Waals surface area contributed by atoms with Crippen LogP contribution in [0.2, 0.25) is 0 Å². The third kappa shape index (κ3) is 1.20. The van der Waals surface area contributed by atoms with Crippen LogP contribution in [0.15, 0.2) is 16.7 Å². The predicted molar refractivity (Wildman–Crippen MR) is 36.8 cm³/mol. The van der Waals surface area contributed by atoms with Gasteiger partial charge in [0.2, 0.25) is 0 Å². The Labute approximate surface area is 55.9 Å². The van der Waals surface area contributed by atoms with Crippen molar-refractivity contribution in [2.75, 3.05) is 0 Å². The highest BCUT2D eigenvalue weighted by molar-refractivity contribution is 7.78. The van der Waals surface area contributed by atoms with Gasteiger partial charge in [0.1, 0.15) is 5.00 Å². The summed E-state index contributed by atoms with van der Waals surface area (Å²) >= 11 is 5.80. The van der Waals surface area contributed by atoms with Crippen molar-refractivity contribution in [3.63, 3.8) is 0 Å². The first kappa shape index (κ1) is 5.56. The third-order valence-electron chi connectivity index (χ3n) is 0.575. The maximum absolute atomic E-state index is 4.36. The molecule has 0 amide bonds. The van der Waals surface area contributed by atoms with E-state index < -0.39 is 0 Å². The lowest BCUT2D eigenvalue weighted by molar-refractivity contribution is 1.41. The summed E-state index contributed by atoms with van der Waals surface area (Å²) in [5.41, 5.74) is 1.70. The molecule has 0 N–H and O–H groups in total. The Morgan fingerprint density at radius 1 is 1.88 bits per heavy atom. The lowest BCUT2D eigenvalue weighted by Gasteiger charge is -1.68. The molecule has 0 bridgehead atoms. The number of thiazole rings is 1. The van der Waals surface area contributed by atoms with Crippen LogP contribution in [0, 0.1) is 0 Å². The van der Waals surface area contributed by atoms with Gasteiger partial charge in [-0.1, -0.05) is 0 Å². The molecule has 1 heterocycles. The Morgan fingerprint density at radius 2 is 2.75 bits per heavy atom. The van der Waals surface area contributed by atoms with Crippen molar-refractivity contribution in [3.05, 3.63) is 11.7 Å². The minimum Gasteiger partial charge on any atom is -0.251 e. The number of hydrogen-bond acceptors (Lipinski definition) is 4. The van der Waals surface area contributed by atoms with Gasteiger partial charge in [-0.2, -0.15) is 4.99 Å². The predicted octanol–water partition coefficient (Wildman–Crippen LogP) is 1.88. The fourth-order valence-electron chi connectivity index (χ4n) is 0.309. The first-order chi connectivity index (χ1) is 3.93. The Hall–Kier alpha value is -0.570. The van der Waals surface area contributed by atoms with Crippen LogP contribution in [0.5, 0.6) is 0 Å². The molecule has 2 nitrogen and oxygen atoms in total. The summed E-state index contributed by atoms with van der Waals surface area (Å²) in [6, 6.07) is 0. The van der Waals surface area contributed by atoms with Gasteiger partial charge < -0.3 is 0 Å². The molecule has 0 radical (unpaired) electrons. The maximum atomic E-state index is 4.36. The number of aliphatic imine (C=N–C) groups is 1. The van der Waals surface area contributed by atoms with Crippen molar-refractivity contribution < 1.29 is 0 Å². The molecular weight excluding hydrogens is 140 g/mol. The molecule has 0 saturated heterocycles. The molecule has 1 aromatic rings. The standard InChI is InChI=1S/C4H2N2S2/c7-2-6-4-1-5-3-8-4/h1,3H. The van der Waals surface area contributed by atoms with E-state index in [2.05, 4.69) is 27.4 Å². The van der Waals surface area contributed by atoms with E-state index in [9.17, 15) is 0 Å². The molecule has 1 rings (SSSR count). The summed E-state index contributed by atoms with van der Waals surface area (Å²) in [6.07, 6.45) is 1.64. The monoisotopic (exact) mass is 142 g/mol. The van der Waals surface area contributed by atoms with Gasteiger partial charge in [0, 0.05) is 0 Å². The van der Waals surface area contributed by atoms with Crippen LogP contribution < -0.4 is 0 Å². The molecule has 0 unspecified atom stereocenters. The smallest absolute Gasteiger partial charge is 0.146 e. The number of nitrogens with zero attached hydrogens (tertiary/aromatic N) is 2. The molecule has 0 saturated carbocycles. The average molecular weight is 142 g/mol. The molecule has 40 valence electrons. The van der Waals surface area contributed by atoms with Crippen molar-refractivity contribution in [3.8, 4) is 0 Å². The molecule has 1 aromatic heterocycles. The van der Waals surface area contributed by atoms with Gasteiger partial charge in [-0.3, -0.25) is 4.98 Å². The Bertz CT molecular complexity index is 198. The van der Waals surface area contributed by atoms with Crippen LogP contribution in [0.4, 0.5) is 5.00 Å². The van der Waals surface area contributed by atoms with Crippen LogP contribution in [0.25, 0.3) is 0 Å². The normalized spacial score (nSPS) is 8.00. The second-order valence-electron chi connectivity index (χ2n) is 1.04. The van der Waals surface area contributed by atoms with E-state index >= 15 is 0 Å². The van der Waals surface area contributed by atoms with Crippen LogP contribution in [-0.2, 0) is 0 Å². The first-order valence-corrected chi connectivity index (χ1v) is 3.18. The zero-order valence-electron chi connectivity index (χ0n) is 3.87. The van der Waals surface area contributed by atoms with Crippen molar-refractivity contribution in [1.29, 1.82) is 0 Å². The number of rotatable bonds is 1. The van der Waals surface area contributed by atoms with E-state index in [0.29, 0.717) is 0 Å². The molecule has 0 aromatic carbocycles. The second-order valence-corrected chi connectivity index (χ2v) is 2.09. The molecule has 0 spiro atoms. The molecule has 0 atom stereocenters. The molecule has 0 fully saturated rings. The van der Waals surface area contributed by atoms with Gasteiger partial charge in [-0.15, -0.1) is 11.3 Å². The van der Waals surface area contributed by atoms with E-state index in [1.807, 2.05) is 0 Å². The van der Waals surface area contributed by atoms with Crippen molar-refractivity contribution in [2.45, 2.75) is 0 Å². The number of thiocarbonyl (C=S) groups is 1. The quantitative estimate of drug-likeness (QED) is 0.442. The fraction of sp³-hybridized carbons (Fsp3) is 0. The summed E-state index contributed by atoms with van der Waals surface area (Å²) < 4.78 is 0. The summed E-state index contributed by atoms with van der Waals surface area (Å²) in [5.74, 6) is 0. The summed E-state index contributed by atoms with van der Waals surface area (Å²) in [4.78, 5) is 7.47. The Morgan fingerprint density at radius 3 is 3.25 bits per heavy atom. The Kier molecular flexibility index (Phi) is 1.86. The van der Waals surface area contributed by atoms with Gasteiger partial charge in [0.25, 0.3) is 0 Å². The van der Waals surface area contributed by atoms with Crippen molar-refractivity contribution >= 4 is 33.7 Å². The van der Waals surface area contributed by atoms with E-state index in [1.54, 1.807) is 11.7 Å². The highest BCUT2D eigenvalue weighted by Crippen LogP contribution is 2.14. The molecular formula is C4H2N2S2. The van der Waals surface area contributed by atoms with Crippen LogP contribution in [-0.4, -0.2) is 10.1 Å².